The molecule has 0 saturated heterocycles. The lowest BCUT2D eigenvalue weighted by molar-refractivity contribution is 0.703. The Morgan fingerprint density at radius 2 is 2.29 bits per heavy atom. The van der Waals surface area contributed by atoms with Crippen molar-refractivity contribution in [2.24, 2.45) is 0 Å². The van der Waals surface area contributed by atoms with Crippen LogP contribution in [-0.2, 0) is 0 Å². The first-order chi connectivity index (χ1) is 8.20. The predicted octanol–water partition coefficient (Wildman–Crippen LogP) is 2.86. The van der Waals surface area contributed by atoms with Crippen LogP contribution in [0.5, 0.6) is 0 Å². The minimum atomic E-state index is 0.186. The van der Waals surface area contributed by atoms with E-state index in [9.17, 15) is 0 Å². The van der Waals surface area contributed by atoms with E-state index >= 15 is 0 Å². The van der Waals surface area contributed by atoms with E-state index in [2.05, 4.69) is 29.1 Å². The van der Waals surface area contributed by atoms with Gasteiger partial charge in [-0.25, -0.2) is 4.98 Å². The van der Waals surface area contributed by atoms with Crippen LogP contribution in [0.3, 0.4) is 0 Å². The van der Waals surface area contributed by atoms with Crippen molar-refractivity contribution < 1.29 is 0 Å². The summed E-state index contributed by atoms with van der Waals surface area (Å²) < 4.78 is 0. The Balaban J connectivity index is 2.21. The molecule has 1 aromatic heterocycles. The highest BCUT2D eigenvalue weighted by Crippen LogP contribution is 2.24. The van der Waals surface area contributed by atoms with E-state index in [0.29, 0.717) is 0 Å². The molecular weight excluding hydrogens is 212 g/mol. The number of hydrogen-bond acceptors (Lipinski definition) is 3. The van der Waals surface area contributed by atoms with E-state index in [1.165, 1.54) is 5.56 Å². The molecule has 1 unspecified atom stereocenters. The van der Waals surface area contributed by atoms with Gasteiger partial charge in [-0.2, -0.15) is 0 Å². The van der Waals surface area contributed by atoms with Crippen LogP contribution in [0.15, 0.2) is 30.6 Å². The Hall–Kier alpha value is -1.97. The molecule has 0 fully saturated rings. The fourth-order valence-electron chi connectivity index (χ4n) is 1.81. The Morgan fingerprint density at radius 1 is 1.47 bits per heavy atom. The quantitative estimate of drug-likeness (QED) is 0.707. The molecule has 0 radical (unpaired) electrons. The van der Waals surface area contributed by atoms with Crippen molar-refractivity contribution >= 4 is 11.4 Å². The number of nitrogens with one attached hydrogen (secondary N) is 2. The summed E-state index contributed by atoms with van der Waals surface area (Å²) in [5, 5.41) is 3.47. The monoisotopic (exact) mass is 230 g/mol. The summed E-state index contributed by atoms with van der Waals surface area (Å²) >= 11 is 0. The number of benzene rings is 1. The molecule has 1 atom stereocenters. The number of nitrogens with zero attached hydrogens (tertiary/aromatic N) is 1. The summed E-state index contributed by atoms with van der Waals surface area (Å²) in [5.41, 5.74) is 8.82. The van der Waals surface area contributed by atoms with Gasteiger partial charge in [-0.15, -0.1) is 0 Å². The van der Waals surface area contributed by atoms with Gasteiger partial charge in [-0.1, -0.05) is 13.0 Å². The highest BCUT2D eigenvalue weighted by atomic mass is 15.0. The van der Waals surface area contributed by atoms with Crippen molar-refractivity contribution in [3.63, 3.8) is 0 Å². The number of aromatic amines is 1. The summed E-state index contributed by atoms with van der Waals surface area (Å²) in [7, 11) is 0. The number of nitrogen functional groups attached to an aromatic ring is 1. The number of hydrogen-bond donors (Lipinski definition) is 3. The predicted molar refractivity (Wildman–Crippen MR) is 70.8 cm³/mol. The molecule has 4 N–H and O–H groups in total. The standard InChI is InChI=1S/C13H18N4/c1-3-11(13-15-6-7-16-13)17-12-8-10(14)5-4-9(12)2/h4-8,11,17H,3,14H2,1-2H3,(H,15,16). The second kappa shape index (κ2) is 4.91. The van der Waals surface area contributed by atoms with E-state index in [0.717, 1.165) is 23.6 Å². The Morgan fingerprint density at radius 3 is 2.94 bits per heavy atom. The number of imidazole rings is 1. The van der Waals surface area contributed by atoms with Crippen LogP contribution in [-0.4, -0.2) is 9.97 Å². The maximum atomic E-state index is 5.80. The van der Waals surface area contributed by atoms with Gasteiger partial charge in [0.1, 0.15) is 5.82 Å². The van der Waals surface area contributed by atoms with Crippen molar-refractivity contribution in [3.8, 4) is 0 Å². The van der Waals surface area contributed by atoms with Crippen molar-refractivity contribution in [1.29, 1.82) is 0 Å². The van der Waals surface area contributed by atoms with Crippen molar-refractivity contribution in [2.45, 2.75) is 26.3 Å². The average molecular weight is 230 g/mol. The van der Waals surface area contributed by atoms with Crippen LogP contribution in [0.25, 0.3) is 0 Å². The minimum absolute atomic E-state index is 0.186. The van der Waals surface area contributed by atoms with E-state index in [1.54, 1.807) is 6.20 Å². The Kier molecular flexibility index (Phi) is 3.32. The molecule has 4 nitrogen and oxygen atoms in total. The lowest BCUT2D eigenvalue weighted by Crippen LogP contribution is -2.12. The maximum absolute atomic E-state index is 5.80. The average Bonchev–Trinajstić information content (AvgIpc) is 2.84. The topological polar surface area (TPSA) is 66.7 Å². The van der Waals surface area contributed by atoms with Gasteiger partial charge >= 0.3 is 0 Å². The number of anilines is 2. The van der Waals surface area contributed by atoms with Gasteiger partial charge in [0.05, 0.1) is 6.04 Å². The van der Waals surface area contributed by atoms with Gasteiger partial charge in [0, 0.05) is 23.8 Å². The summed E-state index contributed by atoms with van der Waals surface area (Å²) in [6, 6.07) is 6.08. The molecular formula is C13H18N4. The fraction of sp³-hybridized carbons (Fsp3) is 0.308. The zero-order valence-corrected chi connectivity index (χ0v) is 10.2. The molecule has 0 aliphatic rings. The van der Waals surface area contributed by atoms with Crippen molar-refractivity contribution in [3.05, 3.63) is 42.0 Å². The summed E-state index contributed by atoms with van der Waals surface area (Å²) in [4.78, 5) is 7.42. The zero-order valence-electron chi connectivity index (χ0n) is 10.2. The molecule has 0 aliphatic carbocycles. The Labute approximate surface area is 101 Å². The highest BCUT2D eigenvalue weighted by molar-refractivity contribution is 5.59. The highest BCUT2D eigenvalue weighted by Gasteiger charge is 2.12. The molecule has 90 valence electrons. The molecule has 2 aromatic rings. The Bertz CT molecular complexity index is 476. The third-order valence-corrected chi connectivity index (χ3v) is 2.85. The first-order valence-electron chi connectivity index (χ1n) is 5.82. The van der Waals surface area contributed by atoms with E-state index < -0.39 is 0 Å². The lowest BCUT2D eigenvalue weighted by atomic mass is 10.1. The molecule has 0 saturated carbocycles. The summed E-state index contributed by atoms with van der Waals surface area (Å²) in [6.07, 6.45) is 4.57. The number of aromatic nitrogens is 2. The lowest BCUT2D eigenvalue weighted by Gasteiger charge is -2.18. The summed E-state index contributed by atoms with van der Waals surface area (Å²) in [6.45, 7) is 4.19. The minimum Gasteiger partial charge on any atom is -0.399 e. The van der Waals surface area contributed by atoms with Crippen LogP contribution < -0.4 is 11.1 Å². The summed E-state index contributed by atoms with van der Waals surface area (Å²) in [5.74, 6) is 0.953. The third-order valence-electron chi connectivity index (χ3n) is 2.85. The van der Waals surface area contributed by atoms with Gasteiger partial charge in [0.25, 0.3) is 0 Å². The number of aryl methyl sites for hydroxylation is 1. The first-order valence-corrected chi connectivity index (χ1v) is 5.82. The normalized spacial score (nSPS) is 12.4. The molecule has 1 heterocycles. The maximum Gasteiger partial charge on any atom is 0.128 e. The van der Waals surface area contributed by atoms with Gasteiger partial charge in [0.15, 0.2) is 0 Å². The molecule has 0 amide bonds. The molecule has 0 bridgehead atoms. The second-order valence-corrected chi connectivity index (χ2v) is 4.15. The van der Waals surface area contributed by atoms with Crippen LogP contribution in [0.4, 0.5) is 11.4 Å². The van der Waals surface area contributed by atoms with Gasteiger partial charge in [-0.05, 0) is 31.0 Å². The van der Waals surface area contributed by atoms with Crippen LogP contribution in [0, 0.1) is 6.92 Å². The van der Waals surface area contributed by atoms with Gasteiger partial charge < -0.3 is 16.0 Å². The molecule has 4 heteroatoms. The smallest absolute Gasteiger partial charge is 0.128 e. The number of rotatable bonds is 4. The zero-order chi connectivity index (χ0) is 12.3. The van der Waals surface area contributed by atoms with Crippen LogP contribution >= 0.6 is 0 Å². The van der Waals surface area contributed by atoms with Crippen LogP contribution in [0.1, 0.15) is 30.8 Å². The fourth-order valence-corrected chi connectivity index (χ4v) is 1.81. The third kappa shape index (κ3) is 2.58. The number of H-pyrrole nitrogens is 1. The molecule has 0 aliphatic heterocycles. The van der Waals surface area contributed by atoms with E-state index in [-0.39, 0.29) is 6.04 Å². The molecule has 17 heavy (non-hydrogen) atoms. The van der Waals surface area contributed by atoms with Crippen molar-refractivity contribution in [2.75, 3.05) is 11.1 Å². The van der Waals surface area contributed by atoms with Crippen LogP contribution in [0.2, 0.25) is 0 Å². The second-order valence-electron chi connectivity index (χ2n) is 4.15. The van der Waals surface area contributed by atoms with Crippen molar-refractivity contribution in [1.82, 2.24) is 9.97 Å². The van der Waals surface area contributed by atoms with E-state index in [4.69, 9.17) is 5.73 Å². The van der Waals surface area contributed by atoms with E-state index in [1.807, 2.05) is 24.4 Å². The SMILES string of the molecule is CCC(Nc1cc(N)ccc1C)c1ncc[nH]1. The van der Waals surface area contributed by atoms with Gasteiger partial charge in [0.2, 0.25) is 0 Å². The molecule has 0 spiro atoms. The molecule has 1 aromatic carbocycles. The number of nitrogens with two attached hydrogens (primary N) is 1. The molecule has 2 rings (SSSR count). The largest absolute Gasteiger partial charge is 0.399 e. The van der Waals surface area contributed by atoms with Gasteiger partial charge in [-0.3, -0.25) is 0 Å². The first kappa shape index (κ1) is 11.5.